The van der Waals surface area contributed by atoms with Gasteiger partial charge >= 0.3 is 6.03 Å². The summed E-state index contributed by atoms with van der Waals surface area (Å²) in [5.41, 5.74) is 0.360. The molecular weight excluding hydrogens is 298 g/mol. The third kappa shape index (κ3) is 3.20. The average molecular weight is 313 g/mol. The number of amides is 2. The summed E-state index contributed by atoms with van der Waals surface area (Å²) >= 11 is 0. The predicted molar refractivity (Wildman–Crippen MR) is 84.1 cm³/mol. The Morgan fingerprint density at radius 2 is 2.17 bits per heavy atom. The molecule has 3 rings (SSSR count). The Morgan fingerprint density at radius 3 is 2.91 bits per heavy atom. The van der Waals surface area contributed by atoms with Crippen LogP contribution in [0.1, 0.15) is 11.6 Å². The highest BCUT2D eigenvalue weighted by molar-refractivity contribution is 5.88. The number of hydrogen-bond donors (Lipinski definition) is 2. The van der Waals surface area contributed by atoms with E-state index in [1.165, 1.54) is 4.90 Å². The van der Waals surface area contributed by atoms with Gasteiger partial charge in [-0.3, -0.25) is 10.1 Å². The molecule has 2 amide bonds. The number of H-pyrrole nitrogens is 1. The van der Waals surface area contributed by atoms with Crippen LogP contribution >= 0.6 is 0 Å². The molecular formula is C15H15N5O3. The Balaban J connectivity index is 1.75. The van der Waals surface area contributed by atoms with Crippen molar-refractivity contribution in [3.8, 4) is 0 Å². The molecule has 0 saturated carbocycles. The van der Waals surface area contributed by atoms with Crippen molar-refractivity contribution in [1.29, 1.82) is 0 Å². The van der Waals surface area contributed by atoms with Crippen LogP contribution in [-0.4, -0.2) is 33.1 Å². The Morgan fingerprint density at radius 1 is 1.39 bits per heavy atom. The Hall–Kier alpha value is -3.16. The van der Waals surface area contributed by atoms with E-state index in [0.29, 0.717) is 28.3 Å². The fourth-order valence-electron chi connectivity index (χ4n) is 2.14. The van der Waals surface area contributed by atoms with Crippen LogP contribution < -0.4 is 10.9 Å². The van der Waals surface area contributed by atoms with Gasteiger partial charge in [0.05, 0.1) is 17.4 Å². The van der Waals surface area contributed by atoms with Crippen LogP contribution in [0.25, 0.3) is 10.9 Å². The van der Waals surface area contributed by atoms with E-state index in [0.717, 1.165) is 0 Å². The van der Waals surface area contributed by atoms with Gasteiger partial charge in [0, 0.05) is 13.1 Å². The van der Waals surface area contributed by atoms with Crippen molar-refractivity contribution in [2.24, 2.45) is 0 Å². The summed E-state index contributed by atoms with van der Waals surface area (Å²) in [6, 6.07) is 8.28. The fourth-order valence-corrected chi connectivity index (χ4v) is 2.14. The number of rotatable bonds is 3. The summed E-state index contributed by atoms with van der Waals surface area (Å²) in [7, 11) is 1.59. The van der Waals surface area contributed by atoms with Crippen LogP contribution in [0.4, 0.5) is 10.6 Å². The molecule has 8 nitrogen and oxygen atoms in total. The van der Waals surface area contributed by atoms with Crippen LogP contribution in [0.5, 0.6) is 0 Å². The van der Waals surface area contributed by atoms with Crippen molar-refractivity contribution >= 4 is 22.8 Å². The maximum atomic E-state index is 12.1. The summed E-state index contributed by atoms with van der Waals surface area (Å²) in [5, 5.41) is 6.81. The van der Waals surface area contributed by atoms with E-state index in [1.807, 2.05) is 6.07 Å². The summed E-state index contributed by atoms with van der Waals surface area (Å²) in [4.78, 5) is 32.5. The molecule has 0 bridgehead atoms. The number of para-hydroxylation sites is 1. The highest BCUT2D eigenvalue weighted by Crippen LogP contribution is 2.09. The number of hydrogen-bond acceptors (Lipinski definition) is 5. The number of nitrogens with zero attached hydrogens (tertiary/aromatic N) is 3. The topological polar surface area (TPSA) is 104 Å². The highest BCUT2D eigenvalue weighted by atomic mass is 16.5. The van der Waals surface area contributed by atoms with Crippen molar-refractivity contribution < 1.29 is 9.32 Å². The molecule has 2 heterocycles. The summed E-state index contributed by atoms with van der Waals surface area (Å²) < 4.78 is 4.88. The second-order valence-corrected chi connectivity index (χ2v) is 5.14. The molecule has 0 spiro atoms. The number of carbonyl (C=O) groups excluding carboxylic acids is 1. The number of urea groups is 1. The fraction of sp³-hybridized carbons (Fsp3) is 0.200. The zero-order valence-electron chi connectivity index (χ0n) is 12.7. The molecule has 23 heavy (non-hydrogen) atoms. The third-order valence-corrected chi connectivity index (χ3v) is 3.26. The van der Waals surface area contributed by atoms with Gasteiger partial charge in [0.2, 0.25) is 0 Å². The van der Waals surface area contributed by atoms with E-state index >= 15 is 0 Å². The number of aromatic amines is 1. The standard InChI is InChI=1S/C15H15N5O3/c1-9-7-12(19-23-9)18-15(22)20(2)8-13-16-11-6-4-3-5-10(11)14(21)17-13/h3-7H,8H2,1-2H3,(H,16,17,21)(H,18,19,22). The largest absolute Gasteiger partial charge is 0.360 e. The van der Waals surface area contributed by atoms with E-state index in [9.17, 15) is 9.59 Å². The van der Waals surface area contributed by atoms with E-state index in [1.54, 1.807) is 38.2 Å². The first-order valence-corrected chi connectivity index (χ1v) is 6.96. The molecule has 3 aromatic rings. The number of benzene rings is 1. The van der Waals surface area contributed by atoms with Gasteiger partial charge in [-0.2, -0.15) is 0 Å². The zero-order chi connectivity index (χ0) is 16.4. The van der Waals surface area contributed by atoms with Gasteiger partial charge < -0.3 is 14.4 Å². The van der Waals surface area contributed by atoms with E-state index in [2.05, 4.69) is 20.4 Å². The lowest BCUT2D eigenvalue weighted by molar-refractivity contribution is 0.219. The summed E-state index contributed by atoms with van der Waals surface area (Å²) in [5.74, 6) is 1.34. The van der Waals surface area contributed by atoms with Crippen LogP contribution in [0.15, 0.2) is 39.6 Å². The number of nitrogens with one attached hydrogen (secondary N) is 2. The normalized spacial score (nSPS) is 10.7. The molecule has 118 valence electrons. The van der Waals surface area contributed by atoms with E-state index in [4.69, 9.17) is 4.52 Å². The molecule has 0 aliphatic carbocycles. The molecule has 1 aromatic carbocycles. The van der Waals surface area contributed by atoms with Crippen molar-refractivity contribution in [3.63, 3.8) is 0 Å². The molecule has 0 unspecified atom stereocenters. The minimum Gasteiger partial charge on any atom is -0.360 e. The SMILES string of the molecule is Cc1cc(NC(=O)N(C)Cc2nc3ccccc3c(=O)[nH]2)no1. The van der Waals surface area contributed by atoms with Gasteiger partial charge in [0.25, 0.3) is 5.56 Å². The van der Waals surface area contributed by atoms with Gasteiger partial charge in [-0.15, -0.1) is 0 Å². The smallest absolute Gasteiger partial charge is 0.323 e. The molecule has 0 aliphatic heterocycles. The lowest BCUT2D eigenvalue weighted by Crippen LogP contribution is -2.32. The lowest BCUT2D eigenvalue weighted by atomic mass is 10.2. The van der Waals surface area contributed by atoms with Gasteiger partial charge in [-0.1, -0.05) is 17.3 Å². The van der Waals surface area contributed by atoms with Crippen LogP contribution in [0, 0.1) is 6.92 Å². The highest BCUT2D eigenvalue weighted by Gasteiger charge is 2.13. The Kier molecular flexibility index (Phi) is 3.80. The second kappa shape index (κ2) is 5.91. The van der Waals surface area contributed by atoms with Gasteiger partial charge in [-0.05, 0) is 19.1 Å². The number of anilines is 1. The molecule has 0 fully saturated rings. The maximum absolute atomic E-state index is 12.1. The number of fused-ring (bicyclic) bond motifs is 1. The van der Waals surface area contributed by atoms with Crippen LogP contribution in [0.2, 0.25) is 0 Å². The zero-order valence-corrected chi connectivity index (χ0v) is 12.7. The maximum Gasteiger partial charge on any atom is 0.323 e. The summed E-state index contributed by atoms with van der Waals surface area (Å²) in [6.45, 7) is 1.89. The predicted octanol–water partition coefficient (Wildman–Crippen LogP) is 1.88. The van der Waals surface area contributed by atoms with Gasteiger partial charge in [0.1, 0.15) is 11.6 Å². The van der Waals surface area contributed by atoms with Crippen molar-refractivity contribution in [2.75, 3.05) is 12.4 Å². The van der Waals surface area contributed by atoms with E-state index in [-0.39, 0.29) is 18.1 Å². The molecule has 2 N–H and O–H groups in total. The molecule has 0 atom stereocenters. The van der Waals surface area contributed by atoms with Crippen LogP contribution in [-0.2, 0) is 6.54 Å². The third-order valence-electron chi connectivity index (χ3n) is 3.26. The monoisotopic (exact) mass is 313 g/mol. The van der Waals surface area contributed by atoms with E-state index < -0.39 is 0 Å². The number of aromatic nitrogens is 3. The van der Waals surface area contributed by atoms with Gasteiger partial charge in [0.15, 0.2) is 5.82 Å². The Bertz CT molecular complexity index is 915. The minimum atomic E-state index is -0.380. The summed E-state index contributed by atoms with van der Waals surface area (Å²) in [6.07, 6.45) is 0. The first-order chi connectivity index (χ1) is 11.0. The molecule has 0 aliphatic rings. The molecule has 8 heteroatoms. The molecule has 0 radical (unpaired) electrons. The second-order valence-electron chi connectivity index (χ2n) is 5.14. The van der Waals surface area contributed by atoms with Crippen LogP contribution in [0.3, 0.4) is 0 Å². The van der Waals surface area contributed by atoms with Crippen molar-refractivity contribution in [1.82, 2.24) is 20.0 Å². The van der Waals surface area contributed by atoms with Gasteiger partial charge in [-0.25, -0.2) is 9.78 Å². The lowest BCUT2D eigenvalue weighted by Gasteiger charge is -2.16. The first-order valence-electron chi connectivity index (χ1n) is 6.96. The first kappa shape index (κ1) is 14.8. The minimum absolute atomic E-state index is 0.155. The van der Waals surface area contributed by atoms with Crippen molar-refractivity contribution in [2.45, 2.75) is 13.5 Å². The quantitative estimate of drug-likeness (QED) is 0.768. The molecule has 2 aromatic heterocycles. The number of aryl methyl sites for hydroxylation is 1. The average Bonchev–Trinajstić information content (AvgIpc) is 2.92. The number of carbonyl (C=O) groups is 1. The van der Waals surface area contributed by atoms with Crippen molar-refractivity contribution in [3.05, 3.63) is 52.3 Å². The Labute approximate surface area is 131 Å². The molecule has 0 saturated heterocycles.